The minimum atomic E-state index is -0.585. The highest BCUT2D eigenvalue weighted by molar-refractivity contribution is 5.62. The molecule has 0 aromatic heterocycles. The van der Waals surface area contributed by atoms with Crippen molar-refractivity contribution in [2.75, 3.05) is 13.6 Å². The molecule has 4 nitrogen and oxygen atoms in total. The molecule has 5 atom stereocenters. The van der Waals surface area contributed by atoms with Gasteiger partial charge in [0.2, 0.25) is 0 Å². The molecular formula is C18H21NO3. The fourth-order valence-corrected chi connectivity index (χ4v) is 5.46. The summed E-state index contributed by atoms with van der Waals surface area (Å²) >= 11 is 0. The van der Waals surface area contributed by atoms with Gasteiger partial charge < -0.3 is 19.8 Å². The molecule has 22 heavy (non-hydrogen) atoms. The summed E-state index contributed by atoms with van der Waals surface area (Å²) in [6.45, 7) is 3.00. The number of phenolic OH excluding ortho intramolecular Hbond substituents is 1. The van der Waals surface area contributed by atoms with E-state index in [9.17, 15) is 10.2 Å². The normalized spacial score (nSPS) is 41.7. The van der Waals surface area contributed by atoms with Crippen LogP contribution in [-0.4, -0.2) is 47.0 Å². The third-order valence-corrected chi connectivity index (χ3v) is 6.52. The number of nitrogens with zero attached hydrogens (tertiary/aromatic N) is 1. The number of rotatable bonds is 0. The molecule has 0 amide bonds. The maximum Gasteiger partial charge on any atom is 0.165 e. The van der Waals surface area contributed by atoms with Crippen molar-refractivity contribution in [1.29, 1.82) is 0 Å². The summed E-state index contributed by atoms with van der Waals surface area (Å²) in [7, 11) is 2.20. The highest BCUT2D eigenvalue weighted by atomic mass is 16.5. The van der Waals surface area contributed by atoms with E-state index in [1.165, 1.54) is 11.1 Å². The summed E-state index contributed by atoms with van der Waals surface area (Å²) in [4.78, 5) is 2.45. The monoisotopic (exact) mass is 299 g/mol. The van der Waals surface area contributed by atoms with Gasteiger partial charge in [-0.25, -0.2) is 0 Å². The van der Waals surface area contributed by atoms with Gasteiger partial charge in [0.05, 0.1) is 0 Å². The van der Waals surface area contributed by atoms with Crippen LogP contribution in [0.1, 0.15) is 24.5 Å². The predicted molar refractivity (Wildman–Crippen MR) is 82.2 cm³/mol. The van der Waals surface area contributed by atoms with Crippen LogP contribution in [0, 0.1) is 5.92 Å². The molecule has 2 heterocycles. The molecule has 116 valence electrons. The number of piperidine rings is 1. The molecule has 4 heteroatoms. The lowest BCUT2D eigenvalue weighted by molar-refractivity contribution is -0.0501. The minimum absolute atomic E-state index is 0.169. The van der Waals surface area contributed by atoms with Gasteiger partial charge in [-0.05, 0) is 50.6 Å². The van der Waals surface area contributed by atoms with Gasteiger partial charge in [-0.2, -0.15) is 0 Å². The summed E-state index contributed by atoms with van der Waals surface area (Å²) in [6, 6.07) is 4.23. The smallest absolute Gasteiger partial charge is 0.165 e. The van der Waals surface area contributed by atoms with Crippen molar-refractivity contribution in [2.45, 2.75) is 43.4 Å². The topological polar surface area (TPSA) is 52.9 Å². The van der Waals surface area contributed by atoms with E-state index in [1.807, 2.05) is 13.0 Å². The molecule has 2 aliphatic carbocycles. The third-order valence-electron chi connectivity index (χ3n) is 6.52. The average molecular weight is 299 g/mol. The standard InChI is InChI=1S/C18H21NO3/c1-9-7-11-12-8-10-3-4-13(20)16-14(10)18(11,5-6-19(12)2)17(22-16)15(9)21/h3-4,7,11-12,15,17,20-21H,5-6,8H2,1-2H3/t11-,12+,15?,17?,18-/m0/s1. The predicted octanol–water partition coefficient (Wildman–Crippen LogP) is 1.59. The van der Waals surface area contributed by atoms with Gasteiger partial charge in [0, 0.05) is 22.9 Å². The number of hydrogen-bond donors (Lipinski definition) is 2. The van der Waals surface area contributed by atoms with Crippen molar-refractivity contribution < 1.29 is 14.9 Å². The molecule has 4 aliphatic rings. The summed E-state index contributed by atoms with van der Waals surface area (Å²) in [6.07, 6.45) is 3.38. The Morgan fingerprint density at radius 1 is 1.36 bits per heavy atom. The number of phenols is 1. The maximum atomic E-state index is 10.7. The lowest BCUT2D eigenvalue weighted by atomic mass is 9.52. The number of hydrogen-bond acceptors (Lipinski definition) is 4. The van der Waals surface area contributed by atoms with Crippen molar-refractivity contribution in [1.82, 2.24) is 4.90 Å². The van der Waals surface area contributed by atoms with Crippen molar-refractivity contribution in [3.63, 3.8) is 0 Å². The summed E-state index contributed by atoms with van der Waals surface area (Å²) < 4.78 is 6.17. The van der Waals surface area contributed by atoms with Crippen LogP contribution >= 0.6 is 0 Å². The maximum absolute atomic E-state index is 10.7. The molecule has 2 aliphatic heterocycles. The second kappa shape index (κ2) is 3.87. The van der Waals surface area contributed by atoms with Crippen LogP contribution in [0.3, 0.4) is 0 Å². The molecule has 5 rings (SSSR count). The zero-order chi connectivity index (χ0) is 15.2. The van der Waals surface area contributed by atoms with E-state index in [4.69, 9.17) is 4.74 Å². The Hall–Kier alpha value is -1.52. The Morgan fingerprint density at radius 2 is 2.18 bits per heavy atom. The SMILES string of the molecule is CC1=C[C@H]2[C@H]3Cc4ccc(O)c5c4[C@@]2(CCN3C)C(O5)C1O. The van der Waals surface area contributed by atoms with Crippen LogP contribution in [0.5, 0.6) is 11.5 Å². The van der Waals surface area contributed by atoms with Crippen LogP contribution < -0.4 is 4.74 Å². The summed E-state index contributed by atoms with van der Waals surface area (Å²) in [5.41, 5.74) is 3.29. The van der Waals surface area contributed by atoms with E-state index < -0.39 is 6.10 Å². The first-order chi connectivity index (χ1) is 10.5. The zero-order valence-electron chi connectivity index (χ0n) is 12.9. The Morgan fingerprint density at radius 3 is 3.00 bits per heavy atom. The van der Waals surface area contributed by atoms with Gasteiger partial charge in [0.1, 0.15) is 12.2 Å². The van der Waals surface area contributed by atoms with Crippen molar-refractivity contribution in [3.05, 3.63) is 34.9 Å². The number of aliphatic hydroxyl groups excluding tert-OH is 1. The molecule has 2 bridgehead atoms. The van der Waals surface area contributed by atoms with Gasteiger partial charge >= 0.3 is 0 Å². The molecule has 1 aromatic rings. The lowest BCUT2D eigenvalue weighted by Crippen LogP contribution is -2.65. The summed E-state index contributed by atoms with van der Waals surface area (Å²) in [5, 5.41) is 21.0. The molecule has 1 spiro atoms. The molecule has 1 saturated heterocycles. The first kappa shape index (κ1) is 13.0. The number of benzene rings is 1. The van der Waals surface area contributed by atoms with Gasteiger partial charge in [0.15, 0.2) is 11.5 Å². The highest BCUT2D eigenvalue weighted by Crippen LogP contribution is 2.62. The first-order valence-electron chi connectivity index (χ1n) is 8.12. The number of likely N-dealkylation sites (N-methyl/N-ethyl adjacent to an activating group) is 1. The number of likely N-dealkylation sites (tertiary alicyclic amines) is 1. The molecule has 2 unspecified atom stereocenters. The third kappa shape index (κ3) is 1.24. The van der Waals surface area contributed by atoms with E-state index in [1.54, 1.807) is 6.07 Å². The molecule has 1 aromatic carbocycles. The second-order valence-electron chi connectivity index (χ2n) is 7.41. The van der Waals surface area contributed by atoms with E-state index in [0.717, 1.165) is 25.0 Å². The first-order valence-corrected chi connectivity index (χ1v) is 8.12. The minimum Gasteiger partial charge on any atom is -0.504 e. The van der Waals surface area contributed by atoms with Crippen LogP contribution in [0.2, 0.25) is 0 Å². The van der Waals surface area contributed by atoms with Crippen LogP contribution in [0.25, 0.3) is 0 Å². The Bertz CT molecular complexity index is 713. The van der Waals surface area contributed by atoms with Crippen molar-refractivity contribution >= 4 is 0 Å². The van der Waals surface area contributed by atoms with Crippen LogP contribution in [0.4, 0.5) is 0 Å². The molecule has 1 fully saturated rings. The van der Waals surface area contributed by atoms with Gasteiger partial charge in [-0.1, -0.05) is 12.1 Å². The second-order valence-corrected chi connectivity index (χ2v) is 7.41. The largest absolute Gasteiger partial charge is 0.504 e. The number of ether oxygens (including phenoxy) is 1. The van der Waals surface area contributed by atoms with E-state index >= 15 is 0 Å². The zero-order valence-corrected chi connectivity index (χ0v) is 12.9. The number of aliphatic hydroxyl groups is 1. The Kier molecular flexibility index (Phi) is 2.28. The fourth-order valence-electron chi connectivity index (χ4n) is 5.46. The van der Waals surface area contributed by atoms with Gasteiger partial charge in [-0.15, -0.1) is 0 Å². The fraction of sp³-hybridized carbons (Fsp3) is 0.556. The van der Waals surface area contributed by atoms with E-state index in [0.29, 0.717) is 17.7 Å². The summed E-state index contributed by atoms with van der Waals surface area (Å²) in [5.74, 6) is 1.19. The average Bonchev–Trinajstić information content (AvgIpc) is 2.84. The molecule has 0 saturated carbocycles. The highest BCUT2D eigenvalue weighted by Gasteiger charge is 2.64. The quantitative estimate of drug-likeness (QED) is 0.714. The van der Waals surface area contributed by atoms with Crippen LogP contribution in [-0.2, 0) is 11.8 Å². The van der Waals surface area contributed by atoms with Gasteiger partial charge in [0.25, 0.3) is 0 Å². The van der Waals surface area contributed by atoms with Crippen molar-refractivity contribution in [2.24, 2.45) is 5.92 Å². The van der Waals surface area contributed by atoms with Crippen LogP contribution in [0.15, 0.2) is 23.8 Å². The van der Waals surface area contributed by atoms with Crippen molar-refractivity contribution in [3.8, 4) is 11.5 Å². The molecule has 0 radical (unpaired) electrons. The van der Waals surface area contributed by atoms with E-state index in [2.05, 4.69) is 18.0 Å². The lowest BCUT2D eigenvalue weighted by Gasteiger charge is -2.57. The van der Waals surface area contributed by atoms with E-state index in [-0.39, 0.29) is 17.3 Å². The van der Waals surface area contributed by atoms with Gasteiger partial charge in [-0.3, -0.25) is 0 Å². The Balaban J connectivity index is 1.85. The Labute approximate surface area is 130 Å². The number of aromatic hydroxyl groups is 1. The molecule has 2 N–H and O–H groups in total. The molecular weight excluding hydrogens is 278 g/mol.